The van der Waals surface area contributed by atoms with E-state index in [9.17, 15) is 45.5 Å². The summed E-state index contributed by atoms with van der Waals surface area (Å²) in [7, 11) is 4.41. The topological polar surface area (TPSA) is 180 Å². The van der Waals surface area contributed by atoms with Gasteiger partial charge >= 0.3 is 12.4 Å². The summed E-state index contributed by atoms with van der Waals surface area (Å²) in [6.07, 6.45) is -9.44. The number of halogens is 12. The molecule has 4 aromatic rings. The second-order valence-electron chi connectivity index (χ2n) is 15.3. The van der Waals surface area contributed by atoms with Gasteiger partial charge in [0, 0.05) is 78.1 Å². The minimum atomic E-state index is -4.72. The number of anilines is 2. The van der Waals surface area contributed by atoms with Gasteiger partial charge in [-0.2, -0.15) is 41.8 Å². The summed E-state index contributed by atoms with van der Waals surface area (Å²) in [6, 6.07) is 7.68. The molecule has 2 fully saturated rings. The quantitative estimate of drug-likeness (QED) is 0.0446. The van der Waals surface area contributed by atoms with Crippen molar-refractivity contribution in [1.29, 1.82) is 5.26 Å². The number of rotatable bonds is 13. The van der Waals surface area contributed by atoms with Crippen LogP contribution >= 0.6 is 69.6 Å². The molecule has 0 spiro atoms. The first-order valence-corrected chi connectivity index (χ1v) is 23.7. The van der Waals surface area contributed by atoms with E-state index in [0.29, 0.717) is 67.8 Å². The number of nitrogens with one attached hydrogen (secondary N) is 1. The molecule has 6 rings (SSSR count). The molecule has 72 heavy (non-hydrogen) atoms. The van der Waals surface area contributed by atoms with E-state index in [-0.39, 0.29) is 71.0 Å². The summed E-state index contributed by atoms with van der Waals surface area (Å²) in [5.41, 5.74) is -0.847. The Balaban J connectivity index is 0.000000297. The van der Waals surface area contributed by atoms with Crippen LogP contribution in [-0.4, -0.2) is 145 Å². The number of methoxy groups -OCH3 is 3. The van der Waals surface area contributed by atoms with E-state index in [1.165, 1.54) is 57.1 Å². The Bertz CT molecular complexity index is 2630. The lowest BCUT2D eigenvalue weighted by Crippen LogP contribution is -2.50. The fraction of sp³-hybridized carbons (Fsp3) is 0.465. The van der Waals surface area contributed by atoms with Crippen LogP contribution in [0.15, 0.2) is 24.3 Å². The lowest BCUT2D eigenvalue weighted by molar-refractivity contribution is -0.142. The number of ketones is 1. The molecule has 0 atom stereocenters. The van der Waals surface area contributed by atoms with Crippen molar-refractivity contribution in [3.05, 3.63) is 78.3 Å². The average molecular weight is 1140 g/mol. The van der Waals surface area contributed by atoms with Gasteiger partial charge in [0.05, 0.1) is 80.1 Å². The van der Waals surface area contributed by atoms with Crippen LogP contribution in [0, 0.1) is 25.2 Å². The molecular weight excluding hydrogens is 1100 g/mol. The van der Waals surface area contributed by atoms with Crippen molar-refractivity contribution in [3.63, 3.8) is 0 Å². The van der Waals surface area contributed by atoms with Crippen LogP contribution in [0.3, 0.4) is 0 Å². The highest BCUT2D eigenvalue weighted by atomic mass is 35.5. The second kappa shape index (κ2) is 26.2. The Labute approximate surface area is 439 Å². The maximum atomic E-state index is 13.1. The highest BCUT2D eigenvalue weighted by molar-refractivity contribution is 6.40. The third-order valence-corrected chi connectivity index (χ3v) is 12.5. The summed E-state index contributed by atoms with van der Waals surface area (Å²) < 4.78 is 95.6. The van der Waals surface area contributed by atoms with Gasteiger partial charge in [0.25, 0.3) is 11.7 Å². The molecule has 0 aliphatic carbocycles. The van der Waals surface area contributed by atoms with Crippen molar-refractivity contribution in [2.75, 3.05) is 102 Å². The first kappa shape index (κ1) is 59.5. The number of nitriles is 1. The molecular formula is C43H46Cl6F6N10O7. The Morgan fingerprint density at radius 2 is 1.04 bits per heavy atom. The molecule has 0 saturated carbocycles. The third-order valence-electron chi connectivity index (χ3n) is 11.0. The lowest BCUT2D eigenvalue weighted by Gasteiger charge is -2.37. The first-order chi connectivity index (χ1) is 33.9. The SMILES string of the molecule is COCCNC(=O)c1cc(Cl)c(OC)cc1N1CCN(C(=O)Cn2nc(C(F)(F)F)c(Cl)c2C)CC1.COc1cc(N2CCN(C(=O)Cn3nc(C(F)(F)F)c(Cl)c3C)CC2)c(C(=O)C#N)cc1Cl.ClCCl. The normalized spacial score (nSPS) is 13.9. The number of amides is 3. The summed E-state index contributed by atoms with van der Waals surface area (Å²) in [4.78, 5) is 57.1. The second-order valence-corrected chi connectivity index (χ2v) is 17.7. The number of benzene rings is 2. The van der Waals surface area contributed by atoms with Crippen molar-refractivity contribution in [3.8, 4) is 17.6 Å². The van der Waals surface area contributed by atoms with E-state index in [4.69, 9.17) is 89.1 Å². The molecule has 2 aromatic carbocycles. The smallest absolute Gasteiger partial charge is 0.436 e. The van der Waals surface area contributed by atoms with Gasteiger partial charge in [-0.1, -0.05) is 46.4 Å². The summed E-state index contributed by atoms with van der Waals surface area (Å²) >= 11 is 33.4. The van der Waals surface area contributed by atoms with Gasteiger partial charge in [0.1, 0.15) is 30.7 Å². The molecule has 0 unspecified atom stereocenters. The lowest BCUT2D eigenvalue weighted by atomic mass is 10.1. The van der Waals surface area contributed by atoms with E-state index in [1.807, 2.05) is 9.80 Å². The Morgan fingerprint density at radius 3 is 1.38 bits per heavy atom. The van der Waals surface area contributed by atoms with Crippen molar-refractivity contribution in [2.45, 2.75) is 39.3 Å². The van der Waals surface area contributed by atoms with Gasteiger partial charge in [-0.05, 0) is 26.0 Å². The predicted octanol–water partition coefficient (Wildman–Crippen LogP) is 8.25. The first-order valence-electron chi connectivity index (χ1n) is 21.1. The van der Waals surface area contributed by atoms with Crippen molar-refractivity contribution in [2.24, 2.45) is 0 Å². The molecule has 0 radical (unpaired) electrons. The van der Waals surface area contributed by atoms with E-state index >= 15 is 0 Å². The van der Waals surface area contributed by atoms with Gasteiger partial charge in [-0.25, -0.2) is 0 Å². The number of carbonyl (C=O) groups is 4. The number of aromatic nitrogens is 4. The minimum absolute atomic E-state index is 0.0453. The largest absolute Gasteiger partial charge is 0.495 e. The number of Topliss-reactive ketones (excluding diaryl/α,β-unsaturated/α-hetero) is 1. The van der Waals surface area contributed by atoms with Crippen LogP contribution < -0.4 is 24.6 Å². The highest BCUT2D eigenvalue weighted by Gasteiger charge is 2.40. The zero-order valence-electron chi connectivity index (χ0n) is 38.9. The summed E-state index contributed by atoms with van der Waals surface area (Å²) in [6.45, 7) is 5.06. The van der Waals surface area contributed by atoms with Crippen molar-refractivity contribution >= 4 is 104 Å². The van der Waals surface area contributed by atoms with E-state index in [2.05, 4.69) is 15.5 Å². The maximum Gasteiger partial charge on any atom is 0.436 e. The molecule has 2 aliphatic heterocycles. The van der Waals surface area contributed by atoms with Crippen molar-refractivity contribution < 1.29 is 59.7 Å². The average Bonchev–Trinajstić information content (AvgIpc) is 3.80. The van der Waals surface area contributed by atoms with Crippen LogP contribution in [0.1, 0.15) is 43.5 Å². The number of hydrogen-bond acceptors (Lipinski definition) is 12. The van der Waals surface area contributed by atoms with Gasteiger partial charge in [0.15, 0.2) is 11.4 Å². The Morgan fingerprint density at radius 1 is 0.667 bits per heavy atom. The monoisotopic (exact) mass is 1140 g/mol. The third kappa shape index (κ3) is 14.8. The number of carbonyl (C=O) groups excluding carboxylic acids is 4. The van der Waals surface area contributed by atoms with Gasteiger partial charge in [0.2, 0.25) is 11.8 Å². The number of alkyl halides is 8. The number of piperazine rings is 2. The zero-order valence-corrected chi connectivity index (χ0v) is 43.5. The molecule has 17 nitrogen and oxygen atoms in total. The molecule has 1 N–H and O–H groups in total. The molecule has 29 heteroatoms. The zero-order chi connectivity index (χ0) is 53.8. The van der Waals surface area contributed by atoms with Gasteiger partial charge in [-0.15, -0.1) is 23.2 Å². The maximum absolute atomic E-state index is 13.1. The number of hydrogen-bond donors (Lipinski definition) is 1. The summed E-state index contributed by atoms with van der Waals surface area (Å²) in [5, 5.41) is 18.3. The van der Waals surface area contributed by atoms with E-state index in [0.717, 1.165) is 9.36 Å². The Hall–Kier alpha value is -5.09. The Kier molecular flexibility index (Phi) is 21.7. The van der Waals surface area contributed by atoms with Crippen LogP contribution in [0.2, 0.25) is 20.1 Å². The molecule has 4 heterocycles. The molecule has 2 aromatic heterocycles. The molecule has 2 saturated heterocycles. The molecule has 394 valence electrons. The molecule has 2 aliphatic rings. The van der Waals surface area contributed by atoms with Crippen molar-refractivity contribution in [1.82, 2.24) is 34.7 Å². The van der Waals surface area contributed by atoms with E-state index < -0.39 is 57.9 Å². The highest BCUT2D eigenvalue weighted by Crippen LogP contribution is 2.38. The predicted molar refractivity (Wildman–Crippen MR) is 258 cm³/mol. The van der Waals surface area contributed by atoms with Crippen LogP contribution in [0.4, 0.5) is 37.7 Å². The van der Waals surface area contributed by atoms with Crippen LogP contribution in [-0.2, 0) is 39.8 Å². The fourth-order valence-corrected chi connectivity index (χ4v) is 8.24. The van der Waals surface area contributed by atoms with Crippen LogP contribution in [0.5, 0.6) is 11.5 Å². The fourth-order valence-electron chi connectivity index (χ4n) is 7.28. The summed E-state index contributed by atoms with van der Waals surface area (Å²) in [5.74, 6) is -1.20. The minimum Gasteiger partial charge on any atom is -0.495 e. The van der Waals surface area contributed by atoms with Gasteiger partial charge < -0.3 is 39.1 Å². The van der Waals surface area contributed by atoms with Crippen LogP contribution in [0.25, 0.3) is 0 Å². The molecule has 0 bridgehead atoms. The van der Waals surface area contributed by atoms with Gasteiger partial charge in [-0.3, -0.25) is 28.5 Å². The van der Waals surface area contributed by atoms with E-state index in [1.54, 1.807) is 18.2 Å². The standard InChI is InChI=1S/C22H26Cl2F3N5O4.C20H18Cl2F3N5O3.CH2Cl2/c1-13-19(24)20(22(25,26)27)29-32(13)12-18(33)31-7-5-30(6-8-31)16-11-17(36-3)15(23)10-14(16)21(34)28-4-9-35-2;1-11-18(22)19(20(23,24)25)27-30(11)10-17(32)29-5-3-28(4-6-29)14-8-16(33-2)13(21)7-12(14)15(31)9-26;2-1-3/h10-11H,4-9,12H2,1-3H3,(H,28,34);7-8H,3-6,10H2,1-2H3;1H2. The molecule has 3 amide bonds. The number of ether oxygens (including phenoxy) is 3. The number of nitrogens with zero attached hydrogens (tertiary/aromatic N) is 9.